The smallest absolute Gasteiger partial charge is 0.348 e. The van der Waals surface area contributed by atoms with Crippen molar-refractivity contribution in [3.8, 4) is 11.8 Å². The number of nitrogens with one attached hydrogen (secondary N) is 1. The Bertz CT molecular complexity index is 1500. The molecule has 0 aliphatic carbocycles. The molecule has 3 aromatic rings. The lowest BCUT2D eigenvalue weighted by atomic mass is 10.1. The summed E-state index contributed by atoms with van der Waals surface area (Å²) in [5.41, 5.74) is 3.31. The normalized spacial score (nSPS) is 11.5. The van der Waals surface area contributed by atoms with Crippen molar-refractivity contribution in [2.75, 3.05) is 37.0 Å². The number of nitriles is 1. The predicted octanol–water partition coefficient (Wildman–Crippen LogP) is 6.41. The van der Waals surface area contributed by atoms with Crippen molar-refractivity contribution in [2.45, 2.75) is 27.7 Å². The van der Waals surface area contributed by atoms with Crippen LogP contribution < -0.4 is 15.0 Å². The van der Waals surface area contributed by atoms with Crippen LogP contribution in [0.4, 0.5) is 22.2 Å². The average Bonchev–Trinajstić information content (AvgIpc) is 3.43. The monoisotopic (exact) mass is 573 g/mol. The van der Waals surface area contributed by atoms with Crippen LogP contribution in [0.25, 0.3) is 18.2 Å². The number of nitrogens with zero attached hydrogens (tertiary/aromatic N) is 6. The van der Waals surface area contributed by atoms with Crippen LogP contribution in [-0.2, 0) is 14.3 Å². The Morgan fingerprint density at radius 2 is 1.78 bits per heavy atom. The topological polar surface area (TPSA) is 142 Å². The van der Waals surface area contributed by atoms with Crippen molar-refractivity contribution < 1.29 is 19.1 Å². The number of aromatic nitrogens is 2. The minimum atomic E-state index is -0.648. The standard InChI is InChI=1S/C29H31N7O4S/c1-6-36(7-2)25-16-23(31-19(4)37)24(17-26(25)39-5)32-34-29-35-33-27(41-29)14-13-20-9-11-21(12-10-20)15-22(18-30)28(38)40-8-3/h9-17H,6-8H2,1-5H3,(H,31,37)/b14-13+,22-15-,34-32?. The minimum absolute atomic E-state index is 0.0619. The maximum absolute atomic E-state index is 11.8. The van der Waals surface area contributed by atoms with E-state index in [4.69, 9.17) is 9.47 Å². The number of hydrogen-bond donors (Lipinski definition) is 1. The molecule has 2 aromatic carbocycles. The van der Waals surface area contributed by atoms with Crippen LogP contribution in [0.5, 0.6) is 5.75 Å². The van der Waals surface area contributed by atoms with Crippen LogP contribution in [0.15, 0.2) is 52.2 Å². The highest BCUT2D eigenvalue weighted by Gasteiger charge is 2.16. The molecule has 1 amide bonds. The van der Waals surface area contributed by atoms with Crippen LogP contribution in [0.3, 0.4) is 0 Å². The highest BCUT2D eigenvalue weighted by Crippen LogP contribution is 2.39. The number of ether oxygens (including phenoxy) is 2. The molecule has 1 N–H and O–H groups in total. The van der Waals surface area contributed by atoms with E-state index in [0.717, 1.165) is 24.3 Å². The molecule has 0 atom stereocenters. The Hall–Kier alpha value is -4.89. The third-order valence-corrected chi connectivity index (χ3v) is 6.44. The zero-order valence-corrected chi connectivity index (χ0v) is 24.4. The number of azo groups is 1. The Balaban J connectivity index is 1.77. The second-order valence-corrected chi connectivity index (χ2v) is 9.40. The van der Waals surface area contributed by atoms with Gasteiger partial charge in [0, 0.05) is 26.1 Å². The molecule has 1 aromatic heterocycles. The quantitative estimate of drug-likeness (QED) is 0.113. The summed E-state index contributed by atoms with van der Waals surface area (Å²) in [6.45, 7) is 8.95. The lowest BCUT2D eigenvalue weighted by Gasteiger charge is -2.24. The molecule has 0 aliphatic rings. The Labute approximate surface area is 242 Å². The number of anilines is 2. The van der Waals surface area contributed by atoms with Crippen molar-refractivity contribution >= 4 is 63.6 Å². The highest BCUT2D eigenvalue weighted by molar-refractivity contribution is 7.15. The summed E-state index contributed by atoms with van der Waals surface area (Å²) >= 11 is 1.25. The SMILES string of the molecule is CCOC(=O)/C(C#N)=C\c1ccc(/C=C/c2nnc(N=Nc3cc(OC)c(N(CC)CC)cc3NC(C)=O)s2)cc1. The van der Waals surface area contributed by atoms with Crippen LogP contribution in [0, 0.1) is 11.3 Å². The molecule has 0 unspecified atom stereocenters. The van der Waals surface area contributed by atoms with Gasteiger partial charge in [0.1, 0.15) is 28.1 Å². The molecule has 0 radical (unpaired) electrons. The fourth-order valence-electron chi connectivity index (χ4n) is 3.72. The van der Waals surface area contributed by atoms with Gasteiger partial charge in [0.05, 0.1) is 25.1 Å². The van der Waals surface area contributed by atoms with Crippen molar-refractivity contribution in [3.05, 3.63) is 58.1 Å². The van der Waals surface area contributed by atoms with E-state index in [1.807, 2.05) is 44.2 Å². The van der Waals surface area contributed by atoms with Crippen LogP contribution >= 0.6 is 11.3 Å². The third kappa shape index (κ3) is 8.55. The fraction of sp³-hybridized carbons (Fsp3) is 0.276. The van der Waals surface area contributed by atoms with E-state index in [9.17, 15) is 14.9 Å². The fourth-order valence-corrected chi connectivity index (χ4v) is 4.29. The molecule has 12 heteroatoms. The second kappa shape index (κ2) is 15.0. The van der Waals surface area contributed by atoms with Gasteiger partial charge in [0.25, 0.3) is 5.13 Å². The van der Waals surface area contributed by atoms with E-state index in [1.54, 1.807) is 38.3 Å². The molecule has 0 aliphatic heterocycles. The lowest BCUT2D eigenvalue weighted by molar-refractivity contribution is -0.137. The van der Waals surface area contributed by atoms with E-state index in [2.05, 4.69) is 30.6 Å². The number of methoxy groups -OCH3 is 1. The molecule has 11 nitrogen and oxygen atoms in total. The van der Waals surface area contributed by atoms with Gasteiger partial charge in [0.2, 0.25) is 5.91 Å². The van der Waals surface area contributed by atoms with Gasteiger partial charge in [-0.15, -0.1) is 20.4 Å². The van der Waals surface area contributed by atoms with E-state index >= 15 is 0 Å². The number of amides is 1. The Morgan fingerprint density at radius 1 is 1.07 bits per heavy atom. The van der Waals surface area contributed by atoms with Gasteiger partial charge in [-0.05, 0) is 50.1 Å². The molecular formula is C29H31N7O4S. The van der Waals surface area contributed by atoms with Gasteiger partial charge in [-0.2, -0.15) is 5.26 Å². The van der Waals surface area contributed by atoms with Crippen LogP contribution in [-0.4, -0.2) is 48.9 Å². The van der Waals surface area contributed by atoms with E-state index < -0.39 is 5.97 Å². The second-order valence-electron chi connectivity index (χ2n) is 8.41. The van der Waals surface area contributed by atoms with Crippen LogP contribution in [0.1, 0.15) is 43.8 Å². The molecule has 3 rings (SSSR count). The highest BCUT2D eigenvalue weighted by atomic mass is 32.1. The summed E-state index contributed by atoms with van der Waals surface area (Å²) in [5, 5.41) is 29.7. The molecule has 212 valence electrons. The Morgan fingerprint density at radius 3 is 2.39 bits per heavy atom. The molecule has 0 bridgehead atoms. The number of hydrogen-bond acceptors (Lipinski definition) is 11. The minimum Gasteiger partial charge on any atom is -0.494 e. The van der Waals surface area contributed by atoms with Gasteiger partial charge in [-0.25, -0.2) is 4.79 Å². The summed E-state index contributed by atoms with van der Waals surface area (Å²) < 4.78 is 10.5. The molecule has 0 fully saturated rings. The van der Waals surface area contributed by atoms with Crippen LogP contribution in [0.2, 0.25) is 0 Å². The average molecular weight is 574 g/mol. The zero-order valence-electron chi connectivity index (χ0n) is 23.5. The van der Waals surface area contributed by atoms with E-state index in [0.29, 0.717) is 32.8 Å². The first-order valence-corrected chi connectivity index (χ1v) is 13.7. The number of benzene rings is 2. The summed E-state index contributed by atoms with van der Waals surface area (Å²) in [7, 11) is 1.59. The van der Waals surface area contributed by atoms with E-state index in [-0.39, 0.29) is 18.1 Å². The number of carbonyl (C=O) groups excluding carboxylic acids is 2. The summed E-state index contributed by atoms with van der Waals surface area (Å²) in [6, 6.07) is 12.7. The lowest BCUT2D eigenvalue weighted by Crippen LogP contribution is -2.22. The number of carbonyl (C=O) groups is 2. The van der Waals surface area contributed by atoms with Crippen molar-refractivity contribution in [2.24, 2.45) is 10.2 Å². The summed E-state index contributed by atoms with van der Waals surface area (Å²) in [5.74, 6) is -0.261. The van der Waals surface area contributed by atoms with Crippen molar-refractivity contribution in [1.29, 1.82) is 5.26 Å². The van der Waals surface area contributed by atoms with Gasteiger partial charge >= 0.3 is 5.97 Å². The first-order chi connectivity index (χ1) is 19.8. The first kappa shape index (κ1) is 30.6. The first-order valence-electron chi connectivity index (χ1n) is 12.9. The summed E-state index contributed by atoms with van der Waals surface area (Å²) in [4.78, 5) is 25.8. The molecule has 0 spiro atoms. The number of esters is 1. The number of rotatable bonds is 12. The van der Waals surface area contributed by atoms with Gasteiger partial charge in [-0.3, -0.25) is 4.79 Å². The molecular weight excluding hydrogens is 542 g/mol. The van der Waals surface area contributed by atoms with Gasteiger partial charge in [-0.1, -0.05) is 41.7 Å². The molecule has 0 saturated heterocycles. The van der Waals surface area contributed by atoms with Crippen molar-refractivity contribution in [3.63, 3.8) is 0 Å². The largest absolute Gasteiger partial charge is 0.494 e. The van der Waals surface area contributed by atoms with Gasteiger partial charge in [0.15, 0.2) is 0 Å². The molecule has 1 heterocycles. The summed E-state index contributed by atoms with van der Waals surface area (Å²) in [6.07, 6.45) is 5.14. The Kier molecular flexibility index (Phi) is 11.2. The molecule has 0 saturated carbocycles. The zero-order chi connectivity index (χ0) is 29.8. The third-order valence-electron chi connectivity index (χ3n) is 5.67. The molecule has 41 heavy (non-hydrogen) atoms. The van der Waals surface area contributed by atoms with E-state index in [1.165, 1.54) is 24.3 Å². The maximum atomic E-state index is 11.8. The predicted molar refractivity (Wildman–Crippen MR) is 161 cm³/mol. The van der Waals surface area contributed by atoms with Crippen molar-refractivity contribution in [1.82, 2.24) is 10.2 Å². The maximum Gasteiger partial charge on any atom is 0.348 e. The van der Waals surface area contributed by atoms with Gasteiger partial charge < -0.3 is 19.7 Å².